The number of hydrogen-bond acceptors (Lipinski definition) is 5. The van der Waals surface area contributed by atoms with E-state index in [0.29, 0.717) is 22.6 Å². The lowest BCUT2D eigenvalue weighted by atomic mass is 9.96. The Labute approximate surface area is 144 Å². The Bertz CT molecular complexity index is 857. The van der Waals surface area contributed by atoms with Gasteiger partial charge in [0, 0.05) is 5.56 Å². The highest BCUT2D eigenvalue weighted by molar-refractivity contribution is 6.46. The second-order valence-electron chi connectivity index (χ2n) is 5.48. The summed E-state index contributed by atoms with van der Waals surface area (Å²) >= 11 is 0. The van der Waals surface area contributed by atoms with Gasteiger partial charge in [-0.05, 0) is 23.8 Å². The first-order valence-corrected chi connectivity index (χ1v) is 7.62. The number of ether oxygens (including phenoxy) is 2. The Morgan fingerprint density at radius 2 is 1.68 bits per heavy atom. The highest BCUT2D eigenvalue weighted by Crippen LogP contribution is 2.35. The van der Waals surface area contributed by atoms with Crippen LogP contribution in [0.5, 0.6) is 11.5 Å². The van der Waals surface area contributed by atoms with Gasteiger partial charge in [0.25, 0.3) is 11.7 Å². The molecule has 6 heteroatoms. The van der Waals surface area contributed by atoms with Crippen molar-refractivity contribution in [1.29, 1.82) is 0 Å². The van der Waals surface area contributed by atoms with Crippen LogP contribution in [0.15, 0.2) is 54.1 Å². The summed E-state index contributed by atoms with van der Waals surface area (Å²) in [4.78, 5) is 24.2. The van der Waals surface area contributed by atoms with Crippen LogP contribution < -0.4 is 14.8 Å². The molecule has 2 N–H and O–H groups in total. The van der Waals surface area contributed by atoms with Crippen LogP contribution in [0.3, 0.4) is 0 Å². The van der Waals surface area contributed by atoms with E-state index in [1.807, 2.05) is 6.07 Å². The number of methoxy groups -OCH3 is 2. The van der Waals surface area contributed by atoms with Gasteiger partial charge in [-0.15, -0.1) is 0 Å². The Balaban J connectivity index is 2.12. The quantitative estimate of drug-likeness (QED) is 0.508. The molecule has 2 aromatic rings. The zero-order chi connectivity index (χ0) is 18.0. The Kier molecular flexibility index (Phi) is 4.43. The molecule has 25 heavy (non-hydrogen) atoms. The molecule has 1 aliphatic heterocycles. The number of ketones is 1. The molecule has 128 valence electrons. The first-order valence-electron chi connectivity index (χ1n) is 7.62. The van der Waals surface area contributed by atoms with E-state index < -0.39 is 17.7 Å². The van der Waals surface area contributed by atoms with Crippen molar-refractivity contribution < 1.29 is 24.2 Å². The molecule has 1 amide bonds. The van der Waals surface area contributed by atoms with Gasteiger partial charge in [0.15, 0.2) is 11.5 Å². The molecule has 1 heterocycles. The summed E-state index contributed by atoms with van der Waals surface area (Å²) in [5.41, 5.74) is 1.09. The summed E-state index contributed by atoms with van der Waals surface area (Å²) in [7, 11) is 2.98. The molecule has 2 aromatic carbocycles. The van der Waals surface area contributed by atoms with E-state index in [-0.39, 0.29) is 11.3 Å². The fourth-order valence-electron chi connectivity index (χ4n) is 2.80. The molecule has 3 rings (SSSR count). The number of aliphatic hydroxyl groups excluding tert-OH is 1. The Morgan fingerprint density at radius 1 is 1.00 bits per heavy atom. The van der Waals surface area contributed by atoms with E-state index in [1.54, 1.807) is 42.5 Å². The van der Waals surface area contributed by atoms with Crippen molar-refractivity contribution >= 4 is 17.4 Å². The molecule has 1 aliphatic rings. The third-order valence-corrected chi connectivity index (χ3v) is 4.06. The van der Waals surface area contributed by atoms with Crippen LogP contribution in [0.25, 0.3) is 5.76 Å². The molecular weight excluding hydrogens is 322 g/mol. The zero-order valence-corrected chi connectivity index (χ0v) is 13.8. The van der Waals surface area contributed by atoms with Crippen molar-refractivity contribution in [3.8, 4) is 11.5 Å². The number of benzene rings is 2. The number of Topliss-reactive ketones (excluding diaryl/α,β-unsaturated/α-hetero) is 1. The lowest BCUT2D eigenvalue weighted by molar-refractivity contribution is -0.133. The second kappa shape index (κ2) is 6.68. The number of aliphatic hydroxyl groups is 1. The van der Waals surface area contributed by atoms with Gasteiger partial charge >= 0.3 is 0 Å². The SMILES string of the molecule is COc1ccc(C(O)=C2C(=O)C(=O)N[C@H]2c2ccccc2)cc1OC. The maximum atomic E-state index is 12.3. The van der Waals surface area contributed by atoms with Crippen LogP contribution in [0.2, 0.25) is 0 Å². The summed E-state index contributed by atoms with van der Waals surface area (Å²) in [6.07, 6.45) is 0. The van der Waals surface area contributed by atoms with Crippen molar-refractivity contribution in [2.75, 3.05) is 14.2 Å². The Morgan fingerprint density at radius 3 is 2.32 bits per heavy atom. The monoisotopic (exact) mass is 339 g/mol. The first kappa shape index (κ1) is 16.6. The third kappa shape index (κ3) is 2.94. The molecule has 0 unspecified atom stereocenters. The molecule has 1 fully saturated rings. The number of hydrogen-bond donors (Lipinski definition) is 2. The highest BCUT2D eigenvalue weighted by Gasteiger charge is 2.39. The average molecular weight is 339 g/mol. The zero-order valence-electron chi connectivity index (χ0n) is 13.8. The summed E-state index contributed by atoms with van der Waals surface area (Å²) in [6, 6.07) is 13.1. The van der Waals surface area contributed by atoms with Crippen molar-refractivity contribution in [2.24, 2.45) is 0 Å². The lowest BCUT2D eigenvalue weighted by Crippen LogP contribution is -2.21. The van der Waals surface area contributed by atoms with Crippen molar-refractivity contribution in [3.05, 3.63) is 65.2 Å². The van der Waals surface area contributed by atoms with Crippen LogP contribution in [-0.2, 0) is 9.59 Å². The molecule has 0 saturated carbocycles. The van der Waals surface area contributed by atoms with Crippen molar-refractivity contribution in [2.45, 2.75) is 6.04 Å². The topological polar surface area (TPSA) is 84.9 Å². The van der Waals surface area contributed by atoms with Gasteiger partial charge < -0.3 is 19.9 Å². The average Bonchev–Trinajstić information content (AvgIpc) is 2.96. The van der Waals surface area contributed by atoms with Crippen molar-refractivity contribution in [1.82, 2.24) is 5.32 Å². The van der Waals surface area contributed by atoms with E-state index in [0.717, 1.165) is 0 Å². The number of rotatable bonds is 4. The normalized spacial score (nSPS) is 18.7. The lowest BCUT2D eigenvalue weighted by Gasteiger charge is -2.14. The van der Waals surface area contributed by atoms with Crippen LogP contribution in [0.1, 0.15) is 17.2 Å². The fraction of sp³-hybridized carbons (Fsp3) is 0.158. The molecule has 0 bridgehead atoms. The van der Waals surface area contributed by atoms with Gasteiger partial charge in [-0.1, -0.05) is 30.3 Å². The predicted octanol–water partition coefficient (Wildman–Crippen LogP) is 2.41. The predicted molar refractivity (Wildman–Crippen MR) is 91.4 cm³/mol. The van der Waals surface area contributed by atoms with Gasteiger partial charge in [0.2, 0.25) is 0 Å². The maximum Gasteiger partial charge on any atom is 0.293 e. The molecule has 1 saturated heterocycles. The Hall–Kier alpha value is -3.28. The van der Waals surface area contributed by atoms with E-state index >= 15 is 0 Å². The summed E-state index contributed by atoms with van der Waals surface area (Å²) in [5, 5.41) is 13.3. The summed E-state index contributed by atoms with van der Waals surface area (Å²) in [6.45, 7) is 0. The fourth-order valence-corrected chi connectivity index (χ4v) is 2.80. The molecular formula is C19H17NO5. The largest absolute Gasteiger partial charge is 0.507 e. The minimum absolute atomic E-state index is 0.0171. The smallest absolute Gasteiger partial charge is 0.293 e. The molecule has 0 spiro atoms. The molecule has 0 aliphatic carbocycles. The van der Waals surface area contributed by atoms with Gasteiger partial charge in [-0.2, -0.15) is 0 Å². The van der Waals surface area contributed by atoms with E-state index in [1.165, 1.54) is 14.2 Å². The van der Waals surface area contributed by atoms with E-state index in [9.17, 15) is 14.7 Å². The maximum absolute atomic E-state index is 12.3. The third-order valence-electron chi connectivity index (χ3n) is 4.06. The second-order valence-corrected chi connectivity index (χ2v) is 5.48. The van der Waals surface area contributed by atoms with Crippen LogP contribution in [-0.4, -0.2) is 31.0 Å². The van der Waals surface area contributed by atoms with E-state index in [4.69, 9.17) is 9.47 Å². The van der Waals surface area contributed by atoms with Crippen molar-refractivity contribution in [3.63, 3.8) is 0 Å². The van der Waals surface area contributed by atoms with Gasteiger partial charge in [-0.3, -0.25) is 9.59 Å². The highest BCUT2D eigenvalue weighted by atomic mass is 16.5. The number of carbonyl (C=O) groups excluding carboxylic acids is 2. The van der Waals surface area contributed by atoms with Gasteiger partial charge in [0.1, 0.15) is 5.76 Å². The first-order chi connectivity index (χ1) is 12.1. The van der Waals surface area contributed by atoms with Crippen LogP contribution >= 0.6 is 0 Å². The number of nitrogens with one attached hydrogen (secondary N) is 1. The van der Waals surface area contributed by atoms with Crippen LogP contribution in [0, 0.1) is 0 Å². The molecule has 0 radical (unpaired) electrons. The minimum atomic E-state index is -0.749. The molecule has 1 atom stereocenters. The summed E-state index contributed by atoms with van der Waals surface area (Å²) in [5.74, 6) is -0.848. The minimum Gasteiger partial charge on any atom is -0.507 e. The van der Waals surface area contributed by atoms with Gasteiger partial charge in [0.05, 0.1) is 25.8 Å². The summed E-state index contributed by atoms with van der Waals surface area (Å²) < 4.78 is 10.4. The van der Waals surface area contributed by atoms with E-state index in [2.05, 4.69) is 5.32 Å². The molecule has 0 aromatic heterocycles. The number of carbonyl (C=O) groups is 2. The molecule has 6 nitrogen and oxygen atoms in total. The standard InChI is InChI=1S/C19H17NO5/c1-24-13-9-8-12(10-14(13)25-2)17(21)15-16(20-19(23)18(15)22)11-6-4-3-5-7-11/h3-10,16,21H,1-2H3,(H,20,23)/t16-/m0/s1. The van der Waals surface area contributed by atoms with Crippen LogP contribution in [0.4, 0.5) is 0 Å². The number of amides is 1. The van der Waals surface area contributed by atoms with Gasteiger partial charge in [-0.25, -0.2) is 0 Å².